The molecule has 0 fully saturated rings. The first-order valence-corrected chi connectivity index (χ1v) is 11.4. The Morgan fingerprint density at radius 2 is 1.88 bits per heavy atom. The average molecular weight is 475 g/mol. The van der Waals surface area contributed by atoms with Crippen molar-refractivity contribution in [2.45, 2.75) is 12.8 Å². The minimum atomic E-state index is -0.298. The Labute approximate surface area is 201 Å². The van der Waals surface area contributed by atoms with Crippen LogP contribution in [0.15, 0.2) is 66.7 Å². The van der Waals surface area contributed by atoms with Crippen LogP contribution in [-0.2, 0) is 29.5 Å². The number of hydrogen-bond acceptors (Lipinski definition) is 4. The largest absolute Gasteiger partial charge is 0.482 e. The van der Waals surface area contributed by atoms with Gasteiger partial charge in [0.15, 0.2) is 6.61 Å². The van der Waals surface area contributed by atoms with Gasteiger partial charge in [-0.05, 0) is 54.4 Å². The second-order valence-electron chi connectivity index (χ2n) is 8.20. The zero-order valence-corrected chi connectivity index (χ0v) is 19.4. The molecule has 0 unspecified atom stereocenters. The number of amides is 2. The average Bonchev–Trinajstić information content (AvgIpc) is 3.16. The first-order chi connectivity index (χ1) is 16.5. The normalized spacial score (nSPS) is 13.0. The molecule has 4 aromatic rings. The van der Waals surface area contributed by atoms with Crippen LogP contribution in [0.5, 0.6) is 5.75 Å². The van der Waals surface area contributed by atoms with Crippen LogP contribution in [0.1, 0.15) is 11.4 Å². The molecule has 2 heterocycles. The van der Waals surface area contributed by atoms with Gasteiger partial charge in [-0.25, -0.2) is 4.98 Å². The minimum absolute atomic E-state index is 0.109. The highest BCUT2D eigenvalue weighted by Gasteiger charge is 2.27. The third-order valence-corrected chi connectivity index (χ3v) is 6.16. The van der Waals surface area contributed by atoms with Crippen molar-refractivity contribution in [3.05, 3.63) is 83.1 Å². The second-order valence-corrected chi connectivity index (χ2v) is 8.64. The van der Waals surface area contributed by atoms with Crippen LogP contribution in [0.25, 0.3) is 11.0 Å². The van der Waals surface area contributed by atoms with Crippen molar-refractivity contribution < 1.29 is 14.3 Å². The van der Waals surface area contributed by atoms with E-state index in [9.17, 15) is 9.59 Å². The fraction of sp³-hybridized carbons (Fsp3) is 0.192. The molecule has 1 aromatic heterocycles. The van der Waals surface area contributed by atoms with E-state index in [4.69, 9.17) is 21.3 Å². The van der Waals surface area contributed by atoms with Gasteiger partial charge in [-0.2, -0.15) is 0 Å². The van der Waals surface area contributed by atoms with Crippen molar-refractivity contribution in [3.63, 3.8) is 0 Å². The van der Waals surface area contributed by atoms with Crippen LogP contribution in [0.3, 0.4) is 0 Å². The van der Waals surface area contributed by atoms with Crippen LogP contribution in [0.4, 0.5) is 11.4 Å². The summed E-state index contributed by atoms with van der Waals surface area (Å²) in [5, 5.41) is 3.33. The maximum atomic E-state index is 12.6. The maximum Gasteiger partial charge on any atom is 0.265 e. The predicted molar refractivity (Wildman–Crippen MR) is 132 cm³/mol. The lowest BCUT2D eigenvalue weighted by Gasteiger charge is -2.29. The monoisotopic (exact) mass is 474 g/mol. The van der Waals surface area contributed by atoms with Crippen molar-refractivity contribution in [3.8, 4) is 5.75 Å². The summed E-state index contributed by atoms with van der Waals surface area (Å²) in [6.07, 6.45) is 1.66. The Morgan fingerprint density at radius 1 is 1.09 bits per heavy atom. The van der Waals surface area contributed by atoms with Gasteiger partial charge >= 0.3 is 0 Å². The summed E-state index contributed by atoms with van der Waals surface area (Å²) in [4.78, 5) is 31.1. The number of aryl methyl sites for hydroxylation is 3. The van der Waals surface area contributed by atoms with Crippen molar-refractivity contribution in [2.75, 3.05) is 23.4 Å². The van der Waals surface area contributed by atoms with Gasteiger partial charge in [0, 0.05) is 24.2 Å². The Kier molecular flexibility index (Phi) is 5.94. The van der Waals surface area contributed by atoms with Gasteiger partial charge < -0.3 is 14.6 Å². The van der Waals surface area contributed by atoms with Gasteiger partial charge in [-0.1, -0.05) is 35.9 Å². The molecule has 0 radical (unpaired) electrons. The van der Waals surface area contributed by atoms with E-state index in [-0.39, 0.29) is 25.0 Å². The maximum absolute atomic E-state index is 12.6. The summed E-state index contributed by atoms with van der Waals surface area (Å²) < 4.78 is 7.55. The van der Waals surface area contributed by atoms with E-state index in [2.05, 4.69) is 16.0 Å². The predicted octanol–water partition coefficient (Wildman–Crippen LogP) is 4.38. The van der Waals surface area contributed by atoms with Crippen LogP contribution < -0.4 is 15.0 Å². The molecule has 5 rings (SSSR count). The van der Waals surface area contributed by atoms with Crippen LogP contribution in [0.2, 0.25) is 5.02 Å². The van der Waals surface area contributed by atoms with Crippen molar-refractivity contribution in [1.29, 1.82) is 0 Å². The smallest absolute Gasteiger partial charge is 0.265 e. The molecular weight excluding hydrogens is 452 g/mol. The molecule has 7 nitrogen and oxygen atoms in total. The van der Waals surface area contributed by atoms with E-state index in [1.54, 1.807) is 18.2 Å². The number of halogens is 1. The molecule has 1 aliphatic heterocycles. The molecule has 0 spiro atoms. The molecule has 172 valence electrons. The number of anilines is 2. The number of hydrogen-bond donors (Lipinski definition) is 1. The number of nitrogens with zero attached hydrogens (tertiary/aromatic N) is 3. The number of para-hydroxylation sites is 2. The summed E-state index contributed by atoms with van der Waals surface area (Å²) in [7, 11) is 2.04. The standard InChI is InChI=1S/C26H23ClN4O3/c1-30-21-5-3-2-4-20(21)29-24(30)13-8-17-6-10-19(11-7-17)28-25(32)15-31-22-14-18(27)9-12-23(22)34-16-26(31)33/h2-7,9-12,14H,8,13,15-16H2,1H3,(H,28,32). The molecule has 1 aliphatic rings. The molecule has 34 heavy (non-hydrogen) atoms. The molecule has 0 saturated heterocycles. The van der Waals surface area contributed by atoms with Gasteiger partial charge in [0.25, 0.3) is 5.91 Å². The van der Waals surface area contributed by atoms with Gasteiger partial charge in [-0.15, -0.1) is 0 Å². The fourth-order valence-corrected chi connectivity index (χ4v) is 4.29. The molecule has 0 bridgehead atoms. The lowest BCUT2D eigenvalue weighted by Crippen LogP contribution is -2.43. The Bertz CT molecular complexity index is 1380. The summed E-state index contributed by atoms with van der Waals surface area (Å²) >= 11 is 6.07. The summed E-state index contributed by atoms with van der Waals surface area (Å²) in [5.41, 5.74) is 4.44. The van der Waals surface area contributed by atoms with Gasteiger partial charge in [0.1, 0.15) is 18.1 Å². The van der Waals surface area contributed by atoms with Crippen molar-refractivity contribution in [2.24, 2.45) is 7.05 Å². The molecule has 3 aromatic carbocycles. The highest BCUT2D eigenvalue weighted by atomic mass is 35.5. The van der Waals surface area contributed by atoms with E-state index in [1.165, 1.54) is 4.90 Å². The van der Waals surface area contributed by atoms with Crippen LogP contribution >= 0.6 is 11.6 Å². The zero-order valence-electron chi connectivity index (χ0n) is 18.6. The van der Waals surface area contributed by atoms with Gasteiger partial charge in [0.05, 0.1) is 16.7 Å². The highest BCUT2D eigenvalue weighted by Crippen LogP contribution is 2.34. The lowest BCUT2D eigenvalue weighted by atomic mass is 10.1. The molecule has 0 saturated carbocycles. The van der Waals surface area contributed by atoms with E-state index < -0.39 is 0 Å². The van der Waals surface area contributed by atoms with Crippen molar-refractivity contribution >= 4 is 45.8 Å². The SMILES string of the molecule is Cn1c(CCc2ccc(NC(=O)CN3C(=O)COc4ccc(Cl)cc43)cc2)nc2ccccc21. The van der Waals surface area contributed by atoms with Crippen LogP contribution in [0, 0.1) is 0 Å². The van der Waals surface area contributed by atoms with Gasteiger partial charge in [0.2, 0.25) is 5.91 Å². The molecule has 8 heteroatoms. The number of carbonyl (C=O) groups excluding carboxylic acids is 2. The van der Waals surface area contributed by atoms with E-state index in [0.717, 1.165) is 35.3 Å². The Balaban J connectivity index is 1.21. The highest BCUT2D eigenvalue weighted by molar-refractivity contribution is 6.31. The topological polar surface area (TPSA) is 76.5 Å². The number of nitrogens with one attached hydrogen (secondary N) is 1. The lowest BCUT2D eigenvalue weighted by molar-refractivity contribution is -0.123. The van der Waals surface area contributed by atoms with E-state index >= 15 is 0 Å². The van der Waals surface area contributed by atoms with Crippen LogP contribution in [-0.4, -0.2) is 34.5 Å². The number of fused-ring (bicyclic) bond motifs is 2. The van der Waals surface area contributed by atoms with Crippen molar-refractivity contribution in [1.82, 2.24) is 9.55 Å². The number of benzene rings is 3. The summed E-state index contributed by atoms with van der Waals surface area (Å²) in [5.74, 6) is 0.978. The Morgan fingerprint density at radius 3 is 2.68 bits per heavy atom. The zero-order chi connectivity index (χ0) is 23.7. The first kappa shape index (κ1) is 22.0. The van der Waals surface area contributed by atoms with E-state index in [0.29, 0.717) is 22.1 Å². The number of imidazole rings is 1. The van der Waals surface area contributed by atoms with Gasteiger partial charge in [-0.3, -0.25) is 14.5 Å². The molecule has 2 amide bonds. The summed E-state index contributed by atoms with van der Waals surface area (Å²) in [6, 6.07) is 20.8. The number of rotatable bonds is 6. The molecular formula is C26H23ClN4O3. The minimum Gasteiger partial charge on any atom is -0.482 e. The third-order valence-electron chi connectivity index (χ3n) is 5.92. The Hall–Kier alpha value is -3.84. The fourth-order valence-electron chi connectivity index (χ4n) is 4.12. The summed E-state index contributed by atoms with van der Waals surface area (Å²) in [6.45, 7) is -0.230. The molecule has 0 atom stereocenters. The molecule has 1 N–H and O–H groups in total. The second kappa shape index (κ2) is 9.19. The van der Waals surface area contributed by atoms with E-state index in [1.807, 2.05) is 49.5 Å². The first-order valence-electron chi connectivity index (χ1n) is 11.0. The number of aromatic nitrogens is 2. The quantitative estimate of drug-likeness (QED) is 0.450. The molecule has 0 aliphatic carbocycles. The number of ether oxygens (including phenoxy) is 1. The number of carbonyl (C=O) groups is 2. The third kappa shape index (κ3) is 4.47.